The number of thioether (sulfide) groups is 1. The van der Waals surface area contributed by atoms with Crippen molar-refractivity contribution >= 4 is 22.9 Å². The van der Waals surface area contributed by atoms with E-state index in [1.165, 1.54) is 4.57 Å². The summed E-state index contributed by atoms with van der Waals surface area (Å²) < 4.78 is 3.23. The molecule has 1 fully saturated rings. The van der Waals surface area contributed by atoms with Crippen LogP contribution in [0.5, 0.6) is 0 Å². The molecule has 0 bridgehead atoms. The molecule has 0 atom stereocenters. The van der Waals surface area contributed by atoms with E-state index in [-0.39, 0.29) is 5.56 Å². The maximum absolute atomic E-state index is 11.7. The highest BCUT2D eigenvalue weighted by Gasteiger charge is 2.23. The zero-order valence-electron chi connectivity index (χ0n) is 8.64. The van der Waals surface area contributed by atoms with Crippen LogP contribution in [0.2, 0.25) is 0 Å². The minimum atomic E-state index is -0.425. The van der Waals surface area contributed by atoms with Gasteiger partial charge >= 0.3 is 5.69 Å². The van der Waals surface area contributed by atoms with E-state index in [1.54, 1.807) is 13.4 Å². The summed E-state index contributed by atoms with van der Waals surface area (Å²) in [5.41, 5.74) is 0.163. The third-order valence-electron chi connectivity index (χ3n) is 2.85. The van der Waals surface area contributed by atoms with Crippen LogP contribution < -0.4 is 11.2 Å². The molecule has 84 valence electrons. The molecule has 3 rings (SSSR count). The minimum absolute atomic E-state index is 0.327. The lowest BCUT2D eigenvalue weighted by atomic mass is 10.3. The first-order chi connectivity index (χ1) is 7.68. The van der Waals surface area contributed by atoms with Gasteiger partial charge in [0.25, 0.3) is 5.56 Å². The fourth-order valence-corrected chi connectivity index (χ4v) is 2.58. The van der Waals surface area contributed by atoms with E-state index in [0.29, 0.717) is 17.2 Å². The monoisotopic (exact) mass is 238 g/mol. The van der Waals surface area contributed by atoms with Crippen molar-refractivity contribution in [2.75, 3.05) is 11.5 Å². The Hall–Kier alpha value is -1.50. The number of hydrogen-bond donors (Lipinski definition) is 1. The second kappa shape index (κ2) is 3.24. The Bertz CT molecular complexity index is 664. The molecule has 3 heterocycles. The maximum Gasteiger partial charge on any atom is 0.329 e. The van der Waals surface area contributed by atoms with Gasteiger partial charge in [-0.25, -0.2) is 9.78 Å². The number of fused-ring (bicyclic) bond motifs is 1. The number of hydrogen-bond acceptors (Lipinski definition) is 4. The molecule has 6 nitrogen and oxygen atoms in total. The van der Waals surface area contributed by atoms with Crippen molar-refractivity contribution in [3.8, 4) is 0 Å². The van der Waals surface area contributed by atoms with Crippen LogP contribution in [0.25, 0.3) is 11.2 Å². The quantitative estimate of drug-likeness (QED) is 0.741. The lowest BCUT2D eigenvalue weighted by Crippen LogP contribution is -2.31. The number of aromatic nitrogens is 4. The fourth-order valence-electron chi connectivity index (χ4n) is 1.81. The topological polar surface area (TPSA) is 72.7 Å². The zero-order valence-corrected chi connectivity index (χ0v) is 9.45. The van der Waals surface area contributed by atoms with Gasteiger partial charge in [0.1, 0.15) is 0 Å². The van der Waals surface area contributed by atoms with Crippen LogP contribution in [0, 0.1) is 0 Å². The second-order valence-electron chi connectivity index (χ2n) is 3.83. The number of H-pyrrole nitrogens is 1. The number of rotatable bonds is 1. The maximum atomic E-state index is 11.7. The molecule has 0 amide bonds. The van der Waals surface area contributed by atoms with Crippen molar-refractivity contribution in [3.05, 3.63) is 27.2 Å². The molecule has 1 N–H and O–H groups in total. The Morgan fingerprint density at radius 2 is 2.25 bits per heavy atom. The summed E-state index contributed by atoms with van der Waals surface area (Å²) in [7, 11) is 1.60. The molecule has 7 heteroatoms. The summed E-state index contributed by atoms with van der Waals surface area (Å²) in [4.78, 5) is 29.5. The van der Waals surface area contributed by atoms with Crippen LogP contribution in [0.4, 0.5) is 0 Å². The van der Waals surface area contributed by atoms with E-state index in [2.05, 4.69) is 9.97 Å². The third-order valence-corrected chi connectivity index (χ3v) is 4.09. The first-order valence-electron chi connectivity index (χ1n) is 4.92. The SMILES string of the molecule is Cn1c(=O)[nH]c(=O)c2c1ncn2C1CSC1. The van der Waals surface area contributed by atoms with Crippen molar-refractivity contribution in [1.29, 1.82) is 0 Å². The van der Waals surface area contributed by atoms with Crippen molar-refractivity contribution in [1.82, 2.24) is 19.1 Å². The van der Waals surface area contributed by atoms with Crippen molar-refractivity contribution in [2.24, 2.45) is 7.05 Å². The van der Waals surface area contributed by atoms with Gasteiger partial charge in [-0.05, 0) is 0 Å². The number of aromatic amines is 1. The van der Waals surface area contributed by atoms with Gasteiger partial charge < -0.3 is 4.57 Å². The summed E-state index contributed by atoms with van der Waals surface area (Å²) in [5.74, 6) is 1.99. The molecule has 16 heavy (non-hydrogen) atoms. The average Bonchev–Trinajstić information content (AvgIpc) is 2.57. The third kappa shape index (κ3) is 1.18. The van der Waals surface area contributed by atoms with Crippen LogP contribution in [0.3, 0.4) is 0 Å². The van der Waals surface area contributed by atoms with Gasteiger partial charge in [0, 0.05) is 18.6 Å². The average molecular weight is 238 g/mol. The Balaban J connectivity index is 2.38. The predicted octanol–water partition coefficient (Wildman–Crippen LogP) is -0.289. The summed E-state index contributed by atoms with van der Waals surface area (Å²) in [6.07, 6.45) is 1.64. The highest BCUT2D eigenvalue weighted by molar-refractivity contribution is 8.00. The molecule has 1 aliphatic rings. The summed E-state index contributed by atoms with van der Waals surface area (Å²) >= 11 is 1.84. The van der Waals surface area contributed by atoms with Crippen molar-refractivity contribution < 1.29 is 0 Å². The van der Waals surface area contributed by atoms with Crippen LogP contribution >= 0.6 is 11.8 Å². The highest BCUT2D eigenvalue weighted by Crippen LogP contribution is 2.30. The van der Waals surface area contributed by atoms with Crippen LogP contribution in [-0.4, -0.2) is 30.6 Å². The Morgan fingerprint density at radius 1 is 1.50 bits per heavy atom. The Morgan fingerprint density at radius 3 is 2.88 bits per heavy atom. The first kappa shape index (κ1) is 9.71. The van der Waals surface area contributed by atoms with Gasteiger partial charge in [0.15, 0.2) is 11.2 Å². The predicted molar refractivity (Wildman–Crippen MR) is 62.0 cm³/mol. The van der Waals surface area contributed by atoms with Crippen molar-refractivity contribution in [2.45, 2.75) is 6.04 Å². The Labute approximate surface area is 94.3 Å². The molecule has 0 saturated carbocycles. The number of nitrogens with one attached hydrogen (secondary N) is 1. The molecule has 0 aromatic carbocycles. The van der Waals surface area contributed by atoms with E-state index < -0.39 is 5.69 Å². The molecule has 0 aliphatic carbocycles. The van der Waals surface area contributed by atoms with Crippen LogP contribution in [0.15, 0.2) is 15.9 Å². The molecular weight excluding hydrogens is 228 g/mol. The van der Waals surface area contributed by atoms with Crippen LogP contribution in [0.1, 0.15) is 6.04 Å². The van der Waals surface area contributed by atoms with E-state index in [0.717, 1.165) is 11.5 Å². The fraction of sp³-hybridized carbons (Fsp3) is 0.444. The van der Waals surface area contributed by atoms with Gasteiger partial charge in [0.05, 0.1) is 12.4 Å². The van der Waals surface area contributed by atoms with Gasteiger partial charge in [-0.3, -0.25) is 14.3 Å². The standard InChI is InChI=1S/C9H10N4O2S/c1-12-7-6(8(14)11-9(12)15)13(4-10-7)5-2-16-3-5/h4-5H,2-3H2,1H3,(H,11,14,15). The molecule has 2 aromatic rings. The molecule has 1 saturated heterocycles. The van der Waals surface area contributed by atoms with Crippen molar-refractivity contribution in [3.63, 3.8) is 0 Å². The van der Waals surface area contributed by atoms with E-state index in [4.69, 9.17) is 0 Å². The summed E-state index contributed by atoms with van der Waals surface area (Å²) in [5, 5.41) is 0. The number of imidazole rings is 1. The first-order valence-corrected chi connectivity index (χ1v) is 6.07. The zero-order chi connectivity index (χ0) is 11.3. The largest absolute Gasteiger partial charge is 0.329 e. The normalized spacial score (nSPS) is 16.6. The molecule has 0 radical (unpaired) electrons. The van der Waals surface area contributed by atoms with Gasteiger partial charge in [-0.1, -0.05) is 0 Å². The van der Waals surface area contributed by atoms with Gasteiger partial charge in [-0.2, -0.15) is 11.8 Å². The summed E-state index contributed by atoms with van der Waals surface area (Å²) in [6, 6.07) is 0.327. The van der Waals surface area contributed by atoms with Crippen LogP contribution in [-0.2, 0) is 7.05 Å². The van der Waals surface area contributed by atoms with E-state index >= 15 is 0 Å². The summed E-state index contributed by atoms with van der Waals surface area (Å²) in [6.45, 7) is 0. The van der Waals surface area contributed by atoms with E-state index in [9.17, 15) is 9.59 Å². The smallest absolute Gasteiger partial charge is 0.320 e. The van der Waals surface area contributed by atoms with E-state index in [1.807, 2.05) is 16.3 Å². The highest BCUT2D eigenvalue weighted by atomic mass is 32.2. The number of nitrogens with zero attached hydrogens (tertiary/aromatic N) is 3. The Kier molecular flexibility index (Phi) is 1.97. The molecule has 0 spiro atoms. The lowest BCUT2D eigenvalue weighted by molar-refractivity contribution is 0.607. The molecule has 0 unspecified atom stereocenters. The minimum Gasteiger partial charge on any atom is -0.320 e. The van der Waals surface area contributed by atoms with Gasteiger partial charge in [-0.15, -0.1) is 0 Å². The molecule has 2 aromatic heterocycles. The lowest BCUT2D eigenvalue weighted by Gasteiger charge is -2.26. The molecule has 1 aliphatic heterocycles. The number of aryl methyl sites for hydroxylation is 1. The van der Waals surface area contributed by atoms with Gasteiger partial charge in [0.2, 0.25) is 0 Å². The molecular formula is C9H10N4O2S. The second-order valence-corrected chi connectivity index (χ2v) is 4.91.